The maximum absolute atomic E-state index is 11.8. The van der Waals surface area contributed by atoms with Crippen LogP contribution in [0.5, 0.6) is 0 Å². The van der Waals surface area contributed by atoms with Crippen LogP contribution in [-0.4, -0.2) is 25.2 Å². The Morgan fingerprint density at radius 1 is 1.28 bits per heavy atom. The van der Waals surface area contributed by atoms with Gasteiger partial charge in [-0.25, -0.2) is 0 Å². The van der Waals surface area contributed by atoms with E-state index in [1.54, 1.807) is 23.5 Å². The third-order valence-electron chi connectivity index (χ3n) is 1.86. The van der Waals surface area contributed by atoms with Gasteiger partial charge in [-0.1, -0.05) is 15.9 Å². The van der Waals surface area contributed by atoms with Crippen molar-refractivity contribution in [2.45, 2.75) is 6.18 Å². The number of halogens is 5. The number of nitrogens with one attached hydrogen (secondary N) is 2. The highest BCUT2D eigenvalue weighted by atomic mass is 79.9. The molecule has 0 saturated heterocycles. The normalized spacial score (nSPS) is 11.2. The van der Waals surface area contributed by atoms with Gasteiger partial charge < -0.3 is 10.6 Å². The summed E-state index contributed by atoms with van der Waals surface area (Å²) >= 11 is 6.52. The second-order valence-corrected chi connectivity index (χ2v) is 5.14. The number of hydrogen-bond acceptors (Lipinski definition) is 2. The molecule has 0 aliphatic carbocycles. The minimum absolute atomic E-state index is 0.226. The van der Waals surface area contributed by atoms with Crippen molar-refractivity contribution in [2.75, 3.05) is 18.4 Å². The number of anilines is 1. The summed E-state index contributed by atoms with van der Waals surface area (Å²) in [7, 11) is 0. The van der Waals surface area contributed by atoms with Crippen LogP contribution in [0, 0.1) is 0 Å². The average Bonchev–Trinajstić information content (AvgIpc) is 2.24. The predicted molar refractivity (Wildman–Crippen MR) is 69.4 cm³/mol. The van der Waals surface area contributed by atoms with Gasteiger partial charge in [-0.15, -0.1) is 0 Å². The van der Waals surface area contributed by atoms with Crippen molar-refractivity contribution in [1.29, 1.82) is 0 Å². The number of amides is 1. The molecule has 3 nitrogen and oxygen atoms in total. The Morgan fingerprint density at radius 2 is 1.94 bits per heavy atom. The van der Waals surface area contributed by atoms with Gasteiger partial charge in [0.1, 0.15) is 6.54 Å². The van der Waals surface area contributed by atoms with Crippen LogP contribution in [0.15, 0.2) is 27.1 Å². The maximum Gasteiger partial charge on any atom is 0.405 e. The molecule has 0 fully saturated rings. The maximum atomic E-state index is 11.8. The molecule has 0 radical (unpaired) electrons. The van der Waals surface area contributed by atoms with Gasteiger partial charge in [0.25, 0.3) is 0 Å². The summed E-state index contributed by atoms with van der Waals surface area (Å²) in [5.74, 6) is -0.720. The molecule has 1 rings (SSSR count). The van der Waals surface area contributed by atoms with E-state index in [0.717, 1.165) is 4.47 Å². The van der Waals surface area contributed by atoms with Crippen LogP contribution in [0.2, 0.25) is 0 Å². The lowest BCUT2D eigenvalue weighted by atomic mass is 10.3. The molecule has 0 unspecified atom stereocenters. The van der Waals surface area contributed by atoms with Gasteiger partial charge >= 0.3 is 6.18 Å². The molecular formula is C10H9Br2F3N2O. The van der Waals surface area contributed by atoms with E-state index in [1.165, 1.54) is 0 Å². The quantitative estimate of drug-likeness (QED) is 0.829. The van der Waals surface area contributed by atoms with Crippen LogP contribution in [0.1, 0.15) is 0 Å². The fourth-order valence-electron chi connectivity index (χ4n) is 1.07. The summed E-state index contributed by atoms with van der Waals surface area (Å²) in [6.07, 6.45) is -4.39. The van der Waals surface area contributed by atoms with Crippen molar-refractivity contribution in [1.82, 2.24) is 5.32 Å². The summed E-state index contributed by atoms with van der Waals surface area (Å²) < 4.78 is 37.1. The largest absolute Gasteiger partial charge is 0.405 e. The Bertz CT molecular complexity index is 438. The van der Waals surface area contributed by atoms with Crippen LogP contribution in [-0.2, 0) is 4.79 Å². The Kier molecular flexibility index (Phi) is 5.46. The van der Waals surface area contributed by atoms with E-state index in [-0.39, 0.29) is 6.54 Å². The highest BCUT2D eigenvalue weighted by molar-refractivity contribution is 9.11. The van der Waals surface area contributed by atoms with Crippen molar-refractivity contribution in [3.63, 3.8) is 0 Å². The first-order valence-corrected chi connectivity index (χ1v) is 6.39. The number of alkyl halides is 3. The fraction of sp³-hybridized carbons (Fsp3) is 0.300. The molecule has 8 heteroatoms. The Hall–Kier alpha value is -0.760. The number of hydrogen-bond donors (Lipinski definition) is 2. The van der Waals surface area contributed by atoms with E-state index >= 15 is 0 Å². The molecule has 0 spiro atoms. The van der Waals surface area contributed by atoms with Crippen LogP contribution >= 0.6 is 31.9 Å². The molecule has 1 aromatic carbocycles. The van der Waals surface area contributed by atoms with Crippen LogP contribution in [0.4, 0.5) is 18.9 Å². The topological polar surface area (TPSA) is 41.1 Å². The molecule has 0 aromatic heterocycles. The molecule has 0 aliphatic heterocycles. The Labute approximate surface area is 118 Å². The summed E-state index contributed by atoms with van der Waals surface area (Å²) in [5.41, 5.74) is 0.625. The third-order valence-corrected chi connectivity index (χ3v) is 3.01. The standard InChI is InChI=1S/C10H9Br2F3N2O/c11-6-1-2-8(7(12)3-6)16-4-9(18)17-5-10(13,14)15/h1-3,16H,4-5H2,(H,17,18). The van der Waals surface area contributed by atoms with Crippen molar-refractivity contribution >= 4 is 43.5 Å². The molecule has 0 aliphatic rings. The summed E-state index contributed by atoms with van der Waals surface area (Å²) in [4.78, 5) is 11.1. The summed E-state index contributed by atoms with van der Waals surface area (Å²) in [5, 5.41) is 4.50. The fourth-order valence-corrected chi connectivity index (χ4v) is 2.26. The third kappa shape index (κ3) is 5.72. The molecule has 100 valence electrons. The number of rotatable bonds is 4. The highest BCUT2D eigenvalue weighted by Gasteiger charge is 2.27. The zero-order chi connectivity index (χ0) is 13.8. The van der Waals surface area contributed by atoms with Gasteiger partial charge in [0, 0.05) is 14.6 Å². The van der Waals surface area contributed by atoms with Crippen LogP contribution in [0.3, 0.4) is 0 Å². The van der Waals surface area contributed by atoms with E-state index in [1.807, 2.05) is 0 Å². The summed E-state index contributed by atoms with van der Waals surface area (Å²) in [6, 6.07) is 5.21. The van der Waals surface area contributed by atoms with Gasteiger partial charge in [0.15, 0.2) is 0 Å². The van der Waals surface area contributed by atoms with Crippen molar-refractivity contribution < 1.29 is 18.0 Å². The molecule has 18 heavy (non-hydrogen) atoms. The Morgan fingerprint density at radius 3 is 2.50 bits per heavy atom. The number of carbonyl (C=O) groups is 1. The second-order valence-electron chi connectivity index (χ2n) is 3.37. The minimum Gasteiger partial charge on any atom is -0.375 e. The smallest absolute Gasteiger partial charge is 0.375 e. The first-order chi connectivity index (χ1) is 8.28. The summed E-state index contributed by atoms with van der Waals surface area (Å²) in [6.45, 7) is -1.55. The number of carbonyl (C=O) groups excluding carboxylic acids is 1. The lowest BCUT2D eigenvalue weighted by Gasteiger charge is -2.10. The van der Waals surface area contributed by atoms with Gasteiger partial charge in [0.05, 0.1) is 6.54 Å². The average molecular weight is 390 g/mol. The first-order valence-electron chi connectivity index (χ1n) is 4.80. The molecule has 1 aromatic rings. The first kappa shape index (κ1) is 15.3. The SMILES string of the molecule is O=C(CNc1ccc(Br)cc1Br)NCC(F)(F)F. The van der Waals surface area contributed by atoms with Crippen molar-refractivity contribution in [2.24, 2.45) is 0 Å². The zero-order valence-corrected chi connectivity index (χ0v) is 12.1. The van der Waals surface area contributed by atoms with Gasteiger partial charge in [0.2, 0.25) is 5.91 Å². The van der Waals surface area contributed by atoms with Crippen molar-refractivity contribution in [3.8, 4) is 0 Å². The molecule has 0 atom stereocenters. The van der Waals surface area contributed by atoms with E-state index < -0.39 is 18.6 Å². The van der Waals surface area contributed by atoms with Crippen molar-refractivity contribution in [3.05, 3.63) is 27.1 Å². The molecule has 0 bridgehead atoms. The Balaban J connectivity index is 2.43. The van der Waals surface area contributed by atoms with E-state index in [0.29, 0.717) is 10.2 Å². The van der Waals surface area contributed by atoms with Gasteiger partial charge in [-0.2, -0.15) is 13.2 Å². The minimum atomic E-state index is -4.39. The molecular weight excluding hydrogens is 381 g/mol. The lowest BCUT2D eigenvalue weighted by molar-refractivity contribution is -0.137. The van der Waals surface area contributed by atoms with Gasteiger partial charge in [-0.05, 0) is 34.1 Å². The van der Waals surface area contributed by atoms with Crippen LogP contribution in [0.25, 0.3) is 0 Å². The number of benzene rings is 1. The molecule has 0 heterocycles. The molecule has 2 N–H and O–H groups in total. The van der Waals surface area contributed by atoms with E-state index in [9.17, 15) is 18.0 Å². The highest BCUT2D eigenvalue weighted by Crippen LogP contribution is 2.25. The monoisotopic (exact) mass is 388 g/mol. The second kappa shape index (κ2) is 6.42. The zero-order valence-electron chi connectivity index (χ0n) is 8.94. The van der Waals surface area contributed by atoms with Gasteiger partial charge in [-0.3, -0.25) is 4.79 Å². The van der Waals surface area contributed by atoms with E-state index in [2.05, 4.69) is 37.2 Å². The predicted octanol–water partition coefficient (Wildman–Crippen LogP) is 3.30. The molecule has 0 saturated carbocycles. The molecule has 1 amide bonds. The van der Waals surface area contributed by atoms with Crippen LogP contribution < -0.4 is 10.6 Å². The lowest BCUT2D eigenvalue weighted by Crippen LogP contribution is -2.37. The van der Waals surface area contributed by atoms with E-state index in [4.69, 9.17) is 0 Å².